The number of carbonyl (C=O) groups excluding carboxylic acids is 1. The highest BCUT2D eigenvalue weighted by molar-refractivity contribution is 7.92. The number of anilines is 2. The summed E-state index contributed by atoms with van der Waals surface area (Å²) >= 11 is 0. The van der Waals surface area contributed by atoms with Crippen LogP contribution in [0.15, 0.2) is 89.8 Å². The fourth-order valence-corrected chi connectivity index (χ4v) is 4.78. The molecule has 1 heterocycles. The molecule has 1 N–H and O–H groups in total. The second-order valence-corrected chi connectivity index (χ2v) is 8.58. The van der Waals surface area contributed by atoms with Gasteiger partial charge in [0, 0.05) is 18.8 Å². The van der Waals surface area contributed by atoms with Gasteiger partial charge >= 0.3 is 6.03 Å². The van der Waals surface area contributed by atoms with Crippen LogP contribution >= 0.6 is 0 Å². The third-order valence-electron chi connectivity index (χ3n) is 4.79. The molecule has 0 unspecified atom stereocenters. The maximum absolute atomic E-state index is 13.5. The van der Waals surface area contributed by atoms with Gasteiger partial charge < -0.3 is 5.32 Å². The molecule has 3 aromatic carbocycles. The first kappa shape index (κ1) is 19.0. The first-order valence-corrected chi connectivity index (χ1v) is 10.8. The molecule has 2 amide bonds. The quantitative estimate of drug-likeness (QED) is 0.679. The van der Waals surface area contributed by atoms with E-state index in [9.17, 15) is 13.2 Å². The molecule has 0 aromatic heterocycles. The molecule has 0 saturated carbocycles. The van der Waals surface area contributed by atoms with Crippen LogP contribution in [0, 0.1) is 0 Å². The molecule has 0 aliphatic carbocycles. The Morgan fingerprint density at radius 3 is 2.24 bits per heavy atom. The van der Waals surface area contributed by atoms with Crippen LogP contribution in [-0.2, 0) is 16.6 Å². The Morgan fingerprint density at radius 1 is 0.897 bits per heavy atom. The molecular formula is C22H21N3O3S. The van der Waals surface area contributed by atoms with E-state index in [1.807, 2.05) is 36.4 Å². The minimum atomic E-state index is -3.79. The maximum Gasteiger partial charge on any atom is 0.321 e. The van der Waals surface area contributed by atoms with E-state index in [0.717, 1.165) is 5.56 Å². The van der Waals surface area contributed by atoms with Crippen molar-refractivity contribution in [2.45, 2.75) is 11.4 Å². The van der Waals surface area contributed by atoms with E-state index in [1.54, 1.807) is 53.4 Å². The zero-order valence-corrected chi connectivity index (χ0v) is 16.5. The topological polar surface area (TPSA) is 69.7 Å². The molecule has 1 saturated heterocycles. The Morgan fingerprint density at radius 2 is 1.59 bits per heavy atom. The molecular weight excluding hydrogens is 386 g/mol. The van der Waals surface area contributed by atoms with Crippen molar-refractivity contribution in [1.82, 2.24) is 5.32 Å². The highest BCUT2D eigenvalue weighted by Crippen LogP contribution is 2.29. The summed E-state index contributed by atoms with van der Waals surface area (Å²) in [6.45, 7) is 1.30. The van der Waals surface area contributed by atoms with E-state index in [1.165, 1.54) is 4.31 Å². The summed E-state index contributed by atoms with van der Waals surface area (Å²) in [5.74, 6) is 0. The second-order valence-electron chi connectivity index (χ2n) is 6.71. The number of urea groups is 1. The fraction of sp³-hybridized carbons (Fsp3) is 0.136. The number of amides is 2. The van der Waals surface area contributed by atoms with Gasteiger partial charge in [-0.05, 0) is 35.9 Å². The summed E-state index contributed by atoms with van der Waals surface area (Å²) in [6.07, 6.45) is 0. The zero-order chi connectivity index (χ0) is 20.3. The predicted molar refractivity (Wildman–Crippen MR) is 113 cm³/mol. The molecule has 0 atom stereocenters. The summed E-state index contributed by atoms with van der Waals surface area (Å²) in [6, 6.07) is 24.7. The highest BCUT2D eigenvalue weighted by Gasteiger charge is 2.27. The van der Waals surface area contributed by atoms with Gasteiger partial charge in [0.2, 0.25) is 0 Å². The van der Waals surface area contributed by atoms with E-state index in [2.05, 4.69) is 5.32 Å². The molecule has 0 radical (unpaired) electrons. The molecule has 29 heavy (non-hydrogen) atoms. The summed E-state index contributed by atoms with van der Waals surface area (Å²) in [5, 5.41) is 2.77. The molecule has 0 spiro atoms. The van der Waals surface area contributed by atoms with Gasteiger partial charge in [-0.25, -0.2) is 13.2 Å². The molecule has 4 rings (SSSR count). The van der Waals surface area contributed by atoms with Crippen molar-refractivity contribution in [3.05, 3.63) is 90.5 Å². The number of nitrogens with zero attached hydrogens (tertiary/aromatic N) is 2. The van der Waals surface area contributed by atoms with Crippen molar-refractivity contribution >= 4 is 27.4 Å². The van der Waals surface area contributed by atoms with Gasteiger partial charge in [-0.3, -0.25) is 9.21 Å². The summed E-state index contributed by atoms with van der Waals surface area (Å²) in [5.41, 5.74) is 2.05. The van der Waals surface area contributed by atoms with Crippen LogP contribution in [0.3, 0.4) is 0 Å². The molecule has 0 bridgehead atoms. The SMILES string of the molecule is O=C1NCCN1c1cccc(N(Cc2ccccc2)S(=O)(=O)c2ccccc2)c1. The van der Waals surface area contributed by atoms with Crippen LogP contribution < -0.4 is 14.5 Å². The van der Waals surface area contributed by atoms with Crippen molar-refractivity contribution in [3.8, 4) is 0 Å². The lowest BCUT2D eigenvalue weighted by molar-refractivity contribution is 0.252. The highest BCUT2D eigenvalue weighted by atomic mass is 32.2. The lowest BCUT2D eigenvalue weighted by Gasteiger charge is -2.26. The summed E-state index contributed by atoms with van der Waals surface area (Å²) < 4.78 is 28.3. The monoisotopic (exact) mass is 407 g/mol. The third-order valence-corrected chi connectivity index (χ3v) is 6.57. The molecule has 1 fully saturated rings. The van der Waals surface area contributed by atoms with Crippen LogP contribution in [0.25, 0.3) is 0 Å². The van der Waals surface area contributed by atoms with Gasteiger partial charge in [0.15, 0.2) is 0 Å². The molecule has 3 aromatic rings. The van der Waals surface area contributed by atoms with E-state index in [4.69, 9.17) is 0 Å². The third kappa shape index (κ3) is 3.95. The first-order chi connectivity index (χ1) is 14.1. The minimum absolute atomic E-state index is 0.178. The van der Waals surface area contributed by atoms with Gasteiger partial charge in [-0.15, -0.1) is 0 Å². The standard InChI is InChI=1S/C22H21N3O3S/c26-22-23-14-15-24(22)19-10-7-11-20(16-19)25(17-18-8-3-1-4-9-18)29(27,28)21-12-5-2-6-13-21/h1-13,16H,14-15,17H2,(H,23,26). The average molecular weight is 407 g/mol. The number of hydrogen-bond acceptors (Lipinski definition) is 3. The van der Waals surface area contributed by atoms with Gasteiger partial charge in [0.1, 0.15) is 0 Å². The van der Waals surface area contributed by atoms with Crippen LogP contribution in [-0.4, -0.2) is 27.5 Å². The number of hydrogen-bond donors (Lipinski definition) is 1. The lowest BCUT2D eigenvalue weighted by atomic mass is 10.2. The number of carbonyl (C=O) groups is 1. The van der Waals surface area contributed by atoms with Crippen molar-refractivity contribution in [2.24, 2.45) is 0 Å². The first-order valence-electron chi connectivity index (χ1n) is 9.33. The van der Waals surface area contributed by atoms with Crippen molar-refractivity contribution in [3.63, 3.8) is 0 Å². The fourth-order valence-electron chi connectivity index (χ4n) is 3.32. The van der Waals surface area contributed by atoms with E-state index >= 15 is 0 Å². The van der Waals surface area contributed by atoms with Crippen molar-refractivity contribution in [1.29, 1.82) is 0 Å². The summed E-state index contributed by atoms with van der Waals surface area (Å²) in [4.78, 5) is 13.9. The average Bonchev–Trinajstić information content (AvgIpc) is 3.19. The molecule has 6 nitrogen and oxygen atoms in total. The normalized spacial score (nSPS) is 13.9. The van der Waals surface area contributed by atoms with E-state index < -0.39 is 10.0 Å². The summed E-state index contributed by atoms with van der Waals surface area (Å²) in [7, 11) is -3.79. The van der Waals surface area contributed by atoms with Gasteiger partial charge in [0.05, 0.1) is 17.1 Å². The second kappa shape index (κ2) is 7.97. The van der Waals surface area contributed by atoms with Crippen LogP contribution in [0.2, 0.25) is 0 Å². The maximum atomic E-state index is 13.5. The number of sulfonamides is 1. The lowest BCUT2D eigenvalue weighted by Crippen LogP contribution is -2.31. The van der Waals surface area contributed by atoms with Crippen LogP contribution in [0.4, 0.5) is 16.2 Å². The van der Waals surface area contributed by atoms with Gasteiger partial charge in [0.25, 0.3) is 10.0 Å². The molecule has 1 aliphatic rings. The molecule has 1 aliphatic heterocycles. The smallest absolute Gasteiger partial charge is 0.321 e. The number of benzene rings is 3. The van der Waals surface area contributed by atoms with Gasteiger partial charge in [-0.2, -0.15) is 0 Å². The Kier molecular flexibility index (Phi) is 5.22. The van der Waals surface area contributed by atoms with Gasteiger partial charge in [-0.1, -0.05) is 54.6 Å². The van der Waals surface area contributed by atoms with Crippen molar-refractivity contribution < 1.29 is 13.2 Å². The minimum Gasteiger partial charge on any atom is -0.336 e. The van der Waals surface area contributed by atoms with E-state index in [-0.39, 0.29) is 17.5 Å². The zero-order valence-electron chi connectivity index (χ0n) is 15.7. The Labute approximate surface area is 170 Å². The molecule has 7 heteroatoms. The Bertz CT molecular complexity index is 1100. The molecule has 148 valence electrons. The number of nitrogens with one attached hydrogen (secondary N) is 1. The number of rotatable bonds is 6. The largest absolute Gasteiger partial charge is 0.336 e. The van der Waals surface area contributed by atoms with Crippen LogP contribution in [0.5, 0.6) is 0 Å². The Balaban J connectivity index is 1.77. The Hall–Kier alpha value is -3.32. The predicted octanol–water partition coefficient (Wildman–Crippen LogP) is 3.61. The van der Waals surface area contributed by atoms with Crippen LogP contribution in [0.1, 0.15) is 5.56 Å². The van der Waals surface area contributed by atoms with Crippen molar-refractivity contribution in [2.75, 3.05) is 22.3 Å². The van der Waals surface area contributed by atoms with E-state index in [0.29, 0.717) is 24.5 Å².